The number of sulfonamides is 1. The molecule has 0 saturated heterocycles. The number of hydrogen-bond acceptors (Lipinski definition) is 4. The number of hydrogen-bond donors (Lipinski definition) is 0. The van der Waals surface area contributed by atoms with Crippen LogP contribution in [-0.2, 0) is 32.3 Å². The Morgan fingerprint density at radius 1 is 0.971 bits per heavy atom. The predicted molar refractivity (Wildman–Crippen MR) is 109 cm³/mol. The van der Waals surface area contributed by atoms with Gasteiger partial charge in [0, 0.05) is 6.54 Å². The van der Waals surface area contributed by atoms with Crippen molar-refractivity contribution in [3.8, 4) is 0 Å². The monoisotopic (exact) mass is 579 g/mol. The molecule has 188 valence electrons. The summed E-state index contributed by atoms with van der Waals surface area (Å²) in [6.45, 7) is 1.85. The molecule has 0 bridgehead atoms. The second kappa shape index (κ2) is 9.82. The number of alkyl halides is 3. The largest absolute Gasteiger partial charge is 0.459 e. The van der Waals surface area contributed by atoms with Crippen molar-refractivity contribution in [1.82, 2.24) is 4.31 Å². The van der Waals surface area contributed by atoms with Crippen LogP contribution >= 0.6 is 15.9 Å². The van der Waals surface area contributed by atoms with E-state index in [0.717, 1.165) is 18.2 Å². The van der Waals surface area contributed by atoms with Crippen molar-refractivity contribution in [1.29, 1.82) is 0 Å². The standard InChI is InChI=1S/C20H17BrF7NO4S/c1-19(2,3)33-12(30)9-29(8-10-6-4-5-7-11(10)20(26,27)28)34(31,32)18-13(21)14(22)15(23)16(24)17(18)25/h4-7H,8-9H2,1-3H3. The highest BCUT2D eigenvalue weighted by Gasteiger charge is 2.39. The molecule has 0 N–H and O–H groups in total. The summed E-state index contributed by atoms with van der Waals surface area (Å²) < 4.78 is 126. The lowest BCUT2D eigenvalue weighted by atomic mass is 10.1. The van der Waals surface area contributed by atoms with Gasteiger partial charge >= 0.3 is 12.1 Å². The van der Waals surface area contributed by atoms with Gasteiger partial charge in [-0.05, 0) is 48.3 Å². The molecule has 0 spiro atoms. The molecule has 0 aliphatic heterocycles. The van der Waals surface area contributed by atoms with Gasteiger partial charge in [0.1, 0.15) is 17.0 Å². The Hall–Kier alpha value is -2.19. The van der Waals surface area contributed by atoms with Crippen molar-refractivity contribution in [2.24, 2.45) is 0 Å². The van der Waals surface area contributed by atoms with Crippen LogP contribution in [0.15, 0.2) is 33.6 Å². The first-order valence-electron chi connectivity index (χ1n) is 9.26. The summed E-state index contributed by atoms with van der Waals surface area (Å²) >= 11 is 2.34. The lowest BCUT2D eigenvalue weighted by Gasteiger charge is -2.26. The number of benzene rings is 2. The molecule has 0 unspecified atom stereocenters. The van der Waals surface area contributed by atoms with E-state index in [9.17, 15) is 43.9 Å². The second-order valence-electron chi connectivity index (χ2n) is 7.91. The zero-order valence-corrected chi connectivity index (χ0v) is 20.1. The van der Waals surface area contributed by atoms with E-state index < -0.39 is 84.6 Å². The van der Waals surface area contributed by atoms with Gasteiger partial charge in [0.2, 0.25) is 10.0 Å². The van der Waals surface area contributed by atoms with E-state index in [4.69, 9.17) is 4.74 Å². The Morgan fingerprint density at radius 2 is 1.50 bits per heavy atom. The molecule has 2 aromatic carbocycles. The summed E-state index contributed by atoms with van der Waals surface area (Å²) in [7, 11) is -5.44. The van der Waals surface area contributed by atoms with Gasteiger partial charge in [-0.15, -0.1) is 0 Å². The molecule has 14 heteroatoms. The van der Waals surface area contributed by atoms with Gasteiger partial charge in [-0.3, -0.25) is 4.79 Å². The van der Waals surface area contributed by atoms with E-state index in [2.05, 4.69) is 15.9 Å². The molecule has 2 aromatic rings. The van der Waals surface area contributed by atoms with Gasteiger partial charge in [0.05, 0.1) is 10.0 Å². The van der Waals surface area contributed by atoms with Gasteiger partial charge < -0.3 is 4.74 Å². The van der Waals surface area contributed by atoms with Crippen LogP contribution in [0, 0.1) is 23.3 Å². The van der Waals surface area contributed by atoms with Crippen LogP contribution in [0.25, 0.3) is 0 Å². The van der Waals surface area contributed by atoms with Crippen molar-refractivity contribution in [2.45, 2.75) is 44.0 Å². The topological polar surface area (TPSA) is 63.7 Å². The normalized spacial score (nSPS) is 12.8. The molecule has 2 rings (SSSR count). The summed E-state index contributed by atoms with van der Waals surface area (Å²) in [6, 6.07) is 3.72. The lowest BCUT2D eigenvalue weighted by Crippen LogP contribution is -2.39. The number of ether oxygens (including phenoxy) is 1. The molecule has 0 heterocycles. The Bertz CT molecular complexity index is 1180. The Morgan fingerprint density at radius 3 is 2.03 bits per heavy atom. The SMILES string of the molecule is CC(C)(C)OC(=O)CN(Cc1ccccc1C(F)(F)F)S(=O)(=O)c1c(F)c(F)c(F)c(F)c1Br. The number of carbonyl (C=O) groups excluding carboxylic acids is 1. The molecule has 0 radical (unpaired) electrons. The number of halogens is 8. The second-order valence-corrected chi connectivity index (χ2v) is 10.6. The fourth-order valence-electron chi connectivity index (χ4n) is 2.81. The Kier molecular flexibility index (Phi) is 8.10. The number of rotatable bonds is 6. The van der Waals surface area contributed by atoms with Gasteiger partial charge in [0.15, 0.2) is 23.3 Å². The van der Waals surface area contributed by atoms with Gasteiger partial charge in [-0.1, -0.05) is 18.2 Å². The van der Waals surface area contributed by atoms with Crippen LogP contribution < -0.4 is 0 Å². The van der Waals surface area contributed by atoms with Crippen molar-refractivity contribution in [2.75, 3.05) is 6.54 Å². The third-order valence-corrected chi connectivity index (χ3v) is 7.01. The zero-order valence-electron chi connectivity index (χ0n) is 17.7. The maximum absolute atomic E-state index is 14.5. The smallest absolute Gasteiger partial charge is 0.416 e. The van der Waals surface area contributed by atoms with E-state index in [-0.39, 0.29) is 4.31 Å². The molecular weight excluding hydrogens is 563 g/mol. The van der Waals surface area contributed by atoms with Crippen LogP contribution in [0.1, 0.15) is 31.9 Å². The first kappa shape index (κ1) is 28.1. The van der Waals surface area contributed by atoms with Crippen LogP contribution in [-0.4, -0.2) is 30.8 Å². The van der Waals surface area contributed by atoms with Crippen LogP contribution in [0.5, 0.6) is 0 Å². The molecule has 0 fully saturated rings. The maximum Gasteiger partial charge on any atom is 0.416 e. The number of nitrogens with zero attached hydrogens (tertiary/aromatic N) is 1. The average molecular weight is 580 g/mol. The molecule has 0 amide bonds. The predicted octanol–water partition coefficient (Wildman–Crippen LogP) is 5.56. The molecule has 0 aliphatic carbocycles. The van der Waals surface area contributed by atoms with Crippen LogP contribution in [0.4, 0.5) is 30.7 Å². The Balaban J connectivity index is 2.70. The molecular formula is C20H17BrF7NO4S. The van der Waals surface area contributed by atoms with Crippen molar-refractivity contribution >= 4 is 31.9 Å². The molecule has 0 aromatic heterocycles. The highest BCUT2D eigenvalue weighted by atomic mass is 79.9. The quantitative estimate of drug-likeness (QED) is 0.195. The van der Waals surface area contributed by atoms with Crippen LogP contribution in [0.2, 0.25) is 0 Å². The third kappa shape index (κ3) is 6.08. The summed E-state index contributed by atoms with van der Waals surface area (Å²) in [4.78, 5) is 10.6. The minimum atomic E-state index is -5.44. The summed E-state index contributed by atoms with van der Waals surface area (Å²) in [5.41, 5.74) is -3.06. The first-order valence-corrected chi connectivity index (χ1v) is 11.5. The number of carbonyl (C=O) groups is 1. The fourth-order valence-corrected chi connectivity index (χ4v) is 5.25. The van der Waals surface area contributed by atoms with Crippen molar-refractivity contribution < 1.29 is 48.7 Å². The third-order valence-electron chi connectivity index (χ3n) is 4.16. The highest BCUT2D eigenvalue weighted by molar-refractivity contribution is 9.10. The van der Waals surface area contributed by atoms with E-state index >= 15 is 0 Å². The van der Waals surface area contributed by atoms with Crippen molar-refractivity contribution in [3.63, 3.8) is 0 Å². The first-order chi connectivity index (χ1) is 15.4. The molecule has 34 heavy (non-hydrogen) atoms. The maximum atomic E-state index is 14.5. The van der Waals surface area contributed by atoms with Gasteiger partial charge in [-0.25, -0.2) is 26.0 Å². The Labute approximate surface area is 198 Å². The molecule has 5 nitrogen and oxygen atoms in total. The number of esters is 1. The summed E-state index contributed by atoms with van der Waals surface area (Å²) in [6.07, 6.45) is -4.93. The summed E-state index contributed by atoms with van der Waals surface area (Å²) in [5.74, 6) is -10.5. The van der Waals surface area contributed by atoms with Crippen molar-refractivity contribution in [3.05, 3.63) is 63.1 Å². The van der Waals surface area contributed by atoms with E-state index in [0.29, 0.717) is 6.07 Å². The minimum absolute atomic E-state index is 0.0472. The fraction of sp³-hybridized carbons (Fsp3) is 0.350. The van der Waals surface area contributed by atoms with Gasteiger partial charge in [0.25, 0.3) is 0 Å². The molecule has 0 aliphatic rings. The van der Waals surface area contributed by atoms with E-state index in [1.54, 1.807) is 0 Å². The van der Waals surface area contributed by atoms with Gasteiger partial charge in [-0.2, -0.15) is 17.5 Å². The van der Waals surface area contributed by atoms with Crippen LogP contribution in [0.3, 0.4) is 0 Å². The lowest BCUT2D eigenvalue weighted by molar-refractivity contribution is -0.155. The summed E-state index contributed by atoms with van der Waals surface area (Å²) in [5, 5.41) is 0. The van der Waals surface area contributed by atoms with E-state index in [1.165, 1.54) is 20.8 Å². The average Bonchev–Trinajstić information content (AvgIpc) is 2.68. The minimum Gasteiger partial charge on any atom is -0.459 e. The zero-order chi connectivity index (χ0) is 26.2. The highest BCUT2D eigenvalue weighted by Crippen LogP contribution is 2.36. The molecule has 0 saturated carbocycles. The molecule has 0 atom stereocenters. The van der Waals surface area contributed by atoms with E-state index in [1.807, 2.05) is 0 Å².